The minimum Gasteiger partial charge on any atom is -0.508 e. The van der Waals surface area contributed by atoms with Crippen molar-refractivity contribution in [3.8, 4) is 5.75 Å². The molecule has 1 aliphatic rings. The van der Waals surface area contributed by atoms with Crippen molar-refractivity contribution >= 4 is 6.08 Å². The average molecular weight is 176 g/mol. The molecule has 68 valence electrons. The second-order valence-corrected chi connectivity index (χ2v) is 3.68. The summed E-state index contributed by atoms with van der Waals surface area (Å²) in [6.07, 6.45) is 1.75. The summed E-state index contributed by atoms with van der Waals surface area (Å²) in [4.78, 5) is 0. The normalized spacial score (nSPS) is 18.5. The van der Waals surface area contributed by atoms with E-state index in [-0.39, 0.29) is 5.76 Å². The van der Waals surface area contributed by atoms with Crippen LogP contribution in [0.1, 0.15) is 19.4 Å². The smallest absolute Gasteiger partial charge is 0.160 e. The number of aliphatic hydroxyl groups is 1. The van der Waals surface area contributed by atoms with Gasteiger partial charge in [0.15, 0.2) is 5.60 Å². The highest BCUT2D eigenvalue weighted by Gasteiger charge is 2.29. The summed E-state index contributed by atoms with van der Waals surface area (Å²) in [6, 6.07) is 7.66. The molecule has 0 spiro atoms. The SMILES string of the molecule is CC1(C)Oc2ccccc2C=C1O. The van der Waals surface area contributed by atoms with Gasteiger partial charge >= 0.3 is 0 Å². The summed E-state index contributed by atoms with van der Waals surface area (Å²) < 4.78 is 5.61. The summed E-state index contributed by atoms with van der Waals surface area (Å²) in [5, 5.41) is 9.62. The molecule has 0 atom stereocenters. The molecule has 0 fully saturated rings. The fourth-order valence-corrected chi connectivity index (χ4v) is 1.34. The van der Waals surface area contributed by atoms with Gasteiger partial charge in [-0.25, -0.2) is 0 Å². The first-order valence-electron chi connectivity index (χ1n) is 4.29. The molecule has 0 saturated carbocycles. The van der Waals surface area contributed by atoms with Crippen molar-refractivity contribution in [1.82, 2.24) is 0 Å². The lowest BCUT2D eigenvalue weighted by molar-refractivity contribution is 0.0937. The maximum atomic E-state index is 9.62. The van der Waals surface area contributed by atoms with E-state index in [9.17, 15) is 5.11 Å². The zero-order chi connectivity index (χ0) is 9.47. The van der Waals surface area contributed by atoms with Crippen molar-refractivity contribution < 1.29 is 9.84 Å². The van der Waals surface area contributed by atoms with Crippen LogP contribution in [0.4, 0.5) is 0 Å². The van der Waals surface area contributed by atoms with Crippen LogP contribution in [-0.2, 0) is 0 Å². The van der Waals surface area contributed by atoms with E-state index in [4.69, 9.17) is 4.74 Å². The van der Waals surface area contributed by atoms with Gasteiger partial charge in [-0.05, 0) is 26.0 Å². The van der Waals surface area contributed by atoms with E-state index in [1.165, 1.54) is 0 Å². The van der Waals surface area contributed by atoms with Gasteiger partial charge in [-0.3, -0.25) is 0 Å². The van der Waals surface area contributed by atoms with Crippen molar-refractivity contribution in [1.29, 1.82) is 0 Å². The number of rotatable bonds is 0. The first-order valence-corrected chi connectivity index (χ1v) is 4.29. The monoisotopic (exact) mass is 176 g/mol. The van der Waals surface area contributed by atoms with Gasteiger partial charge in [-0.1, -0.05) is 18.2 Å². The molecule has 0 bridgehead atoms. The quantitative estimate of drug-likeness (QED) is 0.658. The average Bonchev–Trinajstić information content (AvgIpc) is 2.06. The van der Waals surface area contributed by atoms with E-state index in [0.29, 0.717) is 0 Å². The molecule has 0 aliphatic carbocycles. The van der Waals surface area contributed by atoms with E-state index >= 15 is 0 Å². The number of hydrogen-bond acceptors (Lipinski definition) is 2. The van der Waals surface area contributed by atoms with Crippen LogP contribution in [0.25, 0.3) is 6.08 Å². The van der Waals surface area contributed by atoms with Crippen LogP contribution in [0.2, 0.25) is 0 Å². The fraction of sp³-hybridized carbons (Fsp3) is 0.273. The first-order chi connectivity index (χ1) is 6.09. The number of ether oxygens (including phenoxy) is 1. The van der Waals surface area contributed by atoms with Gasteiger partial charge in [-0.2, -0.15) is 0 Å². The van der Waals surface area contributed by atoms with Gasteiger partial charge in [0.1, 0.15) is 11.5 Å². The molecule has 0 aromatic heterocycles. The van der Waals surface area contributed by atoms with Crippen molar-refractivity contribution in [3.05, 3.63) is 35.6 Å². The van der Waals surface area contributed by atoms with Gasteiger partial charge < -0.3 is 9.84 Å². The maximum Gasteiger partial charge on any atom is 0.160 e. The fourth-order valence-electron chi connectivity index (χ4n) is 1.34. The van der Waals surface area contributed by atoms with E-state index in [2.05, 4.69) is 0 Å². The third-order valence-electron chi connectivity index (χ3n) is 2.19. The number of fused-ring (bicyclic) bond motifs is 1. The molecule has 0 radical (unpaired) electrons. The Morgan fingerprint density at radius 3 is 2.69 bits per heavy atom. The largest absolute Gasteiger partial charge is 0.508 e. The van der Waals surface area contributed by atoms with E-state index in [1.54, 1.807) is 6.08 Å². The lowest BCUT2D eigenvalue weighted by Crippen LogP contribution is -2.32. The lowest BCUT2D eigenvalue weighted by atomic mass is 10.0. The third-order valence-corrected chi connectivity index (χ3v) is 2.19. The Labute approximate surface area is 77.5 Å². The molecule has 13 heavy (non-hydrogen) atoms. The van der Waals surface area contributed by atoms with Gasteiger partial charge in [0.2, 0.25) is 0 Å². The van der Waals surface area contributed by atoms with Crippen molar-refractivity contribution in [2.24, 2.45) is 0 Å². The lowest BCUT2D eigenvalue weighted by Gasteiger charge is -2.30. The Morgan fingerprint density at radius 1 is 1.23 bits per heavy atom. The molecule has 2 nitrogen and oxygen atoms in total. The number of benzene rings is 1. The topological polar surface area (TPSA) is 29.5 Å². The molecular weight excluding hydrogens is 164 g/mol. The van der Waals surface area contributed by atoms with Gasteiger partial charge in [0.05, 0.1) is 0 Å². The zero-order valence-corrected chi connectivity index (χ0v) is 7.74. The van der Waals surface area contributed by atoms with E-state index in [1.807, 2.05) is 38.1 Å². The summed E-state index contributed by atoms with van der Waals surface area (Å²) in [7, 11) is 0. The summed E-state index contributed by atoms with van der Waals surface area (Å²) >= 11 is 0. The number of hydrogen-bond donors (Lipinski definition) is 1. The Hall–Kier alpha value is -1.44. The molecular formula is C11H12O2. The zero-order valence-electron chi connectivity index (χ0n) is 7.74. The number of para-hydroxylation sites is 1. The highest BCUT2D eigenvalue weighted by atomic mass is 16.5. The molecule has 0 saturated heterocycles. The molecule has 0 unspecified atom stereocenters. The summed E-state index contributed by atoms with van der Waals surface area (Å²) in [5.41, 5.74) is 0.327. The minimum atomic E-state index is -0.603. The Bertz CT molecular complexity index is 364. The second-order valence-electron chi connectivity index (χ2n) is 3.68. The molecule has 2 rings (SSSR count). The molecule has 1 aliphatic heterocycles. The van der Waals surface area contributed by atoms with Crippen LogP contribution in [0.15, 0.2) is 30.0 Å². The predicted octanol–water partition coefficient (Wildman–Crippen LogP) is 2.76. The van der Waals surface area contributed by atoms with Crippen LogP contribution < -0.4 is 4.74 Å². The van der Waals surface area contributed by atoms with Crippen LogP contribution in [0.3, 0.4) is 0 Å². The van der Waals surface area contributed by atoms with E-state index < -0.39 is 5.60 Å². The molecule has 0 amide bonds. The molecule has 1 aromatic rings. The minimum absolute atomic E-state index is 0.270. The molecule has 2 heteroatoms. The molecule has 1 aromatic carbocycles. The highest BCUT2D eigenvalue weighted by Crippen LogP contribution is 2.33. The van der Waals surface area contributed by atoms with Crippen LogP contribution >= 0.6 is 0 Å². The van der Waals surface area contributed by atoms with Gasteiger partial charge in [0, 0.05) is 5.56 Å². The van der Waals surface area contributed by atoms with Crippen molar-refractivity contribution in [2.45, 2.75) is 19.4 Å². The second kappa shape index (κ2) is 2.52. The molecule has 1 heterocycles. The summed E-state index contributed by atoms with van der Waals surface area (Å²) in [6.45, 7) is 3.68. The van der Waals surface area contributed by atoms with Crippen LogP contribution in [0, 0.1) is 0 Å². The maximum absolute atomic E-state index is 9.62. The first kappa shape index (κ1) is 8.17. The third kappa shape index (κ3) is 1.28. The summed E-state index contributed by atoms with van der Waals surface area (Å²) in [5.74, 6) is 1.09. The number of aliphatic hydroxyl groups excluding tert-OH is 1. The molecule has 1 N–H and O–H groups in total. The van der Waals surface area contributed by atoms with E-state index in [0.717, 1.165) is 11.3 Å². The van der Waals surface area contributed by atoms with Gasteiger partial charge in [-0.15, -0.1) is 0 Å². The highest BCUT2D eigenvalue weighted by molar-refractivity contribution is 5.62. The van der Waals surface area contributed by atoms with Crippen LogP contribution in [-0.4, -0.2) is 10.7 Å². The Balaban J connectivity index is 2.53. The van der Waals surface area contributed by atoms with Crippen molar-refractivity contribution in [3.63, 3.8) is 0 Å². The van der Waals surface area contributed by atoms with Crippen LogP contribution in [0.5, 0.6) is 5.75 Å². The Kier molecular flexibility index (Phi) is 1.59. The predicted molar refractivity (Wildman–Crippen MR) is 51.8 cm³/mol. The van der Waals surface area contributed by atoms with Crippen molar-refractivity contribution in [2.75, 3.05) is 0 Å². The Morgan fingerprint density at radius 2 is 1.92 bits per heavy atom. The van der Waals surface area contributed by atoms with Gasteiger partial charge in [0.25, 0.3) is 0 Å². The standard InChI is InChI=1S/C11H12O2/c1-11(2)10(12)7-8-5-3-4-6-9(8)13-11/h3-7,12H,1-2H3.